The number of oxazole rings is 1. The fourth-order valence-electron chi connectivity index (χ4n) is 3.24. The lowest BCUT2D eigenvalue weighted by Gasteiger charge is -2.26. The minimum atomic E-state index is 0.362. The molecule has 27 heavy (non-hydrogen) atoms. The lowest BCUT2D eigenvalue weighted by atomic mass is 10.1. The van der Waals surface area contributed by atoms with E-state index >= 15 is 0 Å². The van der Waals surface area contributed by atoms with Crippen molar-refractivity contribution in [1.82, 2.24) is 9.88 Å². The lowest BCUT2D eigenvalue weighted by molar-refractivity contribution is 0.0378. The van der Waals surface area contributed by atoms with Crippen LogP contribution in [0.25, 0.3) is 22.6 Å². The van der Waals surface area contributed by atoms with Crippen LogP contribution in [0.15, 0.2) is 52.1 Å². The van der Waals surface area contributed by atoms with Crippen LogP contribution in [-0.2, 0) is 4.74 Å². The zero-order valence-electron chi connectivity index (χ0n) is 15.1. The molecule has 0 bridgehead atoms. The molecule has 0 unspecified atom stereocenters. The number of aromatic nitrogens is 1. The van der Waals surface area contributed by atoms with Gasteiger partial charge in [-0.05, 0) is 48.5 Å². The number of nitrogens with zero attached hydrogens (tertiary/aromatic N) is 3. The predicted octanol–water partition coefficient (Wildman–Crippen LogP) is 4.03. The number of rotatable bonds is 7. The molecule has 1 N–H and O–H groups in total. The van der Waals surface area contributed by atoms with Crippen molar-refractivity contribution < 1.29 is 9.15 Å². The molecule has 140 valence electrons. The molecule has 1 fully saturated rings. The van der Waals surface area contributed by atoms with Gasteiger partial charge in [0.2, 0.25) is 5.89 Å². The van der Waals surface area contributed by atoms with Crippen LogP contribution < -0.4 is 5.32 Å². The highest BCUT2D eigenvalue weighted by Gasteiger charge is 2.12. The summed E-state index contributed by atoms with van der Waals surface area (Å²) in [6.45, 7) is 5.39. The average Bonchev–Trinajstić information content (AvgIpc) is 3.16. The van der Waals surface area contributed by atoms with Crippen LogP contribution in [0.5, 0.6) is 0 Å². The summed E-state index contributed by atoms with van der Waals surface area (Å²) < 4.78 is 11.1. The first-order valence-electron chi connectivity index (χ1n) is 9.21. The molecule has 0 aliphatic carbocycles. The molecule has 0 radical (unpaired) electrons. The topological polar surface area (TPSA) is 80.0 Å². The van der Waals surface area contributed by atoms with Crippen molar-refractivity contribution in [3.05, 3.63) is 47.4 Å². The van der Waals surface area contributed by atoms with Gasteiger partial charge in [0.25, 0.3) is 0 Å². The third-order valence-electron chi connectivity index (χ3n) is 4.71. The van der Waals surface area contributed by atoms with Crippen LogP contribution in [0.1, 0.15) is 6.42 Å². The van der Waals surface area contributed by atoms with Crippen molar-refractivity contribution in [1.29, 1.82) is 0 Å². The van der Waals surface area contributed by atoms with E-state index in [1.807, 2.05) is 36.4 Å². The Labute approximate surface area is 157 Å². The van der Waals surface area contributed by atoms with Gasteiger partial charge in [0, 0.05) is 25.2 Å². The number of nitrogens with one attached hydrogen (secondary N) is 1. The Kier molecular flexibility index (Phi) is 5.41. The minimum absolute atomic E-state index is 0.362. The second-order valence-corrected chi connectivity index (χ2v) is 6.54. The predicted molar refractivity (Wildman–Crippen MR) is 105 cm³/mol. The standard InChI is InChI=1S/C20H22N4O3/c25-23-18-14-15(20-22-17-4-1-2-5-19(17)27-20)6-7-16(18)21-8-3-9-24-10-12-26-13-11-24/h1-2,4-7,14,21H,3,8-13H2. The summed E-state index contributed by atoms with van der Waals surface area (Å²) in [5.41, 5.74) is 3.34. The van der Waals surface area contributed by atoms with E-state index in [4.69, 9.17) is 9.15 Å². The van der Waals surface area contributed by atoms with Gasteiger partial charge in [-0.1, -0.05) is 12.1 Å². The number of para-hydroxylation sites is 2. The number of anilines is 1. The van der Waals surface area contributed by atoms with E-state index in [-0.39, 0.29) is 0 Å². The van der Waals surface area contributed by atoms with E-state index in [0.29, 0.717) is 11.6 Å². The SMILES string of the molecule is O=Nc1cc(-c2nc3ccccc3o2)ccc1NCCCN1CCOCC1. The highest BCUT2D eigenvalue weighted by atomic mass is 16.5. The molecule has 2 aromatic carbocycles. The van der Waals surface area contributed by atoms with Crippen molar-refractivity contribution in [2.75, 3.05) is 44.7 Å². The maximum absolute atomic E-state index is 11.3. The summed E-state index contributed by atoms with van der Waals surface area (Å²) in [4.78, 5) is 18.2. The van der Waals surface area contributed by atoms with E-state index in [1.165, 1.54) is 0 Å². The summed E-state index contributed by atoms with van der Waals surface area (Å²) in [7, 11) is 0. The first kappa shape index (κ1) is 17.6. The van der Waals surface area contributed by atoms with Crippen molar-refractivity contribution in [2.24, 2.45) is 5.18 Å². The fourth-order valence-corrected chi connectivity index (χ4v) is 3.24. The summed E-state index contributed by atoms with van der Waals surface area (Å²) in [6.07, 6.45) is 0.991. The molecule has 7 heteroatoms. The Bertz CT molecular complexity index is 885. The molecule has 1 aliphatic rings. The molecule has 4 rings (SSSR count). The van der Waals surface area contributed by atoms with E-state index < -0.39 is 0 Å². The monoisotopic (exact) mass is 366 g/mol. The maximum Gasteiger partial charge on any atom is 0.227 e. The van der Waals surface area contributed by atoms with Crippen LogP contribution in [-0.4, -0.2) is 49.3 Å². The number of fused-ring (bicyclic) bond motifs is 1. The Morgan fingerprint density at radius 2 is 2.00 bits per heavy atom. The van der Waals surface area contributed by atoms with E-state index in [2.05, 4.69) is 20.4 Å². The molecular weight excluding hydrogens is 344 g/mol. The van der Waals surface area contributed by atoms with Crippen molar-refractivity contribution >= 4 is 22.5 Å². The van der Waals surface area contributed by atoms with Crippen molar-refractivity contribution in [3.63, 3.8) is 0 Å². The molecule has 1 aliphatic heterocycles. The van der Waals surface area contributed by atoms with Crippen LogP contribution in [0.3, 0.4) is 0 Å². The molecule has 1 saturated heterocycles. The fraction of sp³-hybridized carbons (Fsp3) is 0.350. The lowest BCUT2D eigenvalue weighted by Crippen LogP contribution is -2.37. The van der Waals surface area contributed by atoms with Gasteiger partial charge in [0.05, 0.1) is 18.9 Å². The molecule has 3 aromatic rings. The number of hydrogen-bond acceptors (Lipinski definition) is 7. The third-order valence-corrected chi connectivity index (χ3v) is 4.71. The normalized spacial score (nSPS) is 15.1. The van der Waals surface area contributed by atoms with E-state index in [1.54, 1.807) is 6.07 Å². The van der Waals surface area contributed by atoms with E-state index in [0.717, 1.165) is 68.2 Å². The zero-order valence-corrected chi connectivity index (χ0v) is 15.1. The van der Waals surface area contributed by atoms with Crippen molar-refractivity contribution in [3.8, 4) is 11.5 Å². The molecule has 0 atom stereocenters. The second-order valence-electron chi connectivity index (χ2n) is 6.54. The quantitative estimate of drug-likeness (QED) is 0.502. The van der Waals surface area contributed by atoms with Gasteiger partial charge in [-0.3, -0.25) is 4.90 Å². The third kappa shape index (κ3) is 4.15. The number of ether oxygens (including phenoxy) is 1. The molecule has 0 saturated carbocycles. The number of morpholine rings is 1. The maximum atomic E-state index is 11.3. The van der Waals surface area contributed by atoms with Gasteiger partial charge in [-0.15, -0.1) is 4.91 Å². The van der Waals surface area contributed by atoms with Crippen molar-refractivity contribution in [2.45, 2.75) is 6.42 Å². The molecule has 2 heterocycles. The second kappa shape index (κ2) is 8.28. The Morgan fingerprint density at radius 1 is 1.15 bits per heavy atom. The first-order chi connectivity index (χ1) is 13.3. The Hall–Kier alpha value is -2.77. The van der Waals surface area contributed by atoms with Crippen LogP contribution in [0.4, 0.5) is 11.4 Å². The number of benzene rings is 2. The smallest absolute Gasteiger partial charge is 0.227 e. The highest BCUT2D eigenvalue weighted by Crippen LogP contribution is 2.32. The van der Waals surface area contributed by atoms with Gasteiger partial charge in [-0.25, -0.2) is 4.98 Å². The van der Waals surface area contributed by atoms with Gasteiger partial charge in [0.15, 0.2) is 5.58 Å². The Balaban J connectivity index is 1.41. The molecule has 0 spiro atoms. The zero-order chi connectivity index (χ0) is 18.5. The number of hydrogen-bond donors (Lipinski definition) is 1. The van der Waals surface area contributed by atoms with Crippen LogP contribution in [0, 0.1) is 4.91 Å². The molecule has 0 amide bonds. The van der Waals surface area contributed by atoms with Gasteiger partial charge in [0.1, 0.15) is 11.2 Å². The Morgan fingerprint density at radius 3 is 2.81 bits per heavy atom. The summed E-state index contributed by atoms with van der Waals surface area (Å²) >= 11 is 0. The summed E-state index contributed by atoms with van der Waals surface area (Å²) in [5.74, 6) is 0.486. The van der Waals surface area contributed by atoms with Gasteiger partial charge in [-0.2, -0.15) is 0 Å². The largest absolute Gasteiger partial charge is 0.436 e. The van der Waals surface area contributed by atoms with Gasteiger partial charge < -0.3 is 14.5 Å². The molecular formula is C20H22N4O3. The number of nitroso groups, excluding NO2 is 1. The molecule has 1 aromatic heterocycles. The summed E-state index contributed by atoms with van der Waals surface area (Å²) in [6, 6.07) is 13.0. The van der Waals surface area contributed by atoms with Crippen LogP contribution >= 0.6 is 0 Å². The van der Waals surface area contributed by atoms with Gasteiger partial charge >= 0.3 is 0 Å². The first-order valence-corrected chi connectivity index (χ1v) is 9.21. The molecule has 7 nitrogen and oxygen atoms in total. The highest BCUT2D eigenvalue weighted by molar-refractivity contribution is 5.78. The summed E-state index contributed by atoms with van der Waals surface area (Å²) in [5, 5.41) is 6.48. The van der Waals surface area contributed by atoms with E-state index in [9.17, 15) is 4.91 Å². The van der Waals surface area contributed by atoms with Crippen LogP contribution in [0.2, 0.25) is 0 Å². The minimum Gasteiger partial charge on any atom is -0.436 e. The average molecular weight is 366 g/mol.